The van der Waals surface area contributed by atoms with E-state index in [1.54, 1.807) is 12.1 Å². The summed E-state index contributed by atoms with van der Waals surface area (Å²) in [4.78, 5) is 14.7. The maximum absolute atomic E-state index is 13.5. The molecule has 0 bridgehead atoms. The summed E-state index contributed by atoms with van der Waals surface area (Å²) in [5, 5.41) is 1.06. The van der Waals surface area contributed by atoms with Crippen molar-refractivity contribution >= 4 is 11.0 Å². The van der Waals surface area contributed by atoms with E-state index in [2.05, 4.69) is 46.5 Å². The number of nitrogens with zero attached hydrogens (tertiary/aromatic N) is 4. The first kappa shape index (κ1) is 18.1. The first-order chi connectivity index (χ1) is 14.0. The molecule has 1 N–H and O–H groups in total. The van der Waals surface area contributed by atoms with Gasteiger partial charge >= 0.3 is 0 Å². The Labute approximate surface area is 169 Å². The second kappa shape index (κ2) is 6.52. The average Bonchev–Trinajstić information content (AvgIpc) is 3.33. The van der Waals surface area contributed by atoms with E-state index < -0.39 is 0 Å². The van der Waals surface area contributed by atoms with Crippen LogP contribution in [0.4, 0.5) is 4.39 Å². The zero-order valence-corrected chi connectivity index (χ0v) is 16.9. The molecule has 0 amide bonds. The third-order valence-electron chi connectivity index (χ3n) is 6.26. The van der Waals surface area contributed by atoms with E-state index in [1.165, 1.54) is 12.1 Å². The number of aromatic nitrogens is 4. The number of aromatic amines is 1. The first-order valence-electron chi connectivity index (χ1n) is 9.89. The summed E-state index contributed by atoms with van der Waals surface area (Å²) in [7, 11) is 4.27. The Morgan fingerprint density at radius 2 is 1.86 bits per heavy atom. The van der Waals surface area contributed by atoms with Crippen molar-refractivity contribution in [1.29, 1.82) is 0 Å². The van der Waals surface area contributed by atoms with Crippen LogP contribution in [0.3, 0.4) is 0 Å². The molecule has 1 fully saturated rings. The van der Waals surface area contributed by atoms with E-state index in [-0.39, 0.29) is 11.4 Å². The fraction of sp³-hybridized carbons (Fsp3) is 0.304. The molecule has 0 aliphatic heterocycles. The van der Waals surface area contributed by atoms with Crippen LogP contribution >= 0.6 is 0 Å². The average molecular weight is 389 g/mol. The predicted molar refractivity (Wildman–Crippen MR) is 113 cm³/mol. The van der Waals surface area contributed by atoms with E-state index in [0.29, 0.717) is 6.04 Å². The fourth-order valence-electron chi connectivity index (χ4n) is 4.52. The highest BCUT2D eigenvalue weighted by molar-refractivity contribution is 5.96. The maximum Gasteiger partial charge on any atom is 0.137 e. The monoisotopic (exact) mass is 389 g/mol. The molecule has 1 aliphatic carbocycles. The lowest BCUT2D eigenvalue weighted by molar-refractivity contribution is 0.0514. The lowest BCUT2D eigenvalue weighted by atomic mass is 9.73. The minimum absolute atomic E-state index is 0.0124. The number of fused-ring (bicyclic) bond motifs is 1. The summed E-state index contributed by atoms with van der Waals surface area (Å²) < 4.78 is 15.8. The molecule has 4 aromatic rings. The van der Waals surface area contributed by atoms with Gasteiger partial charge in [0.05, 0.1) is 17.7 Å². The SMILES string of the molecule is CN(C)C1CC(C)(n2cnc(-c3ccc(F)cc3)c2-c2ccnc3[nH]ccc23)C1. The highest BCUT2D eigenvalue weighted by atomic mass is 19.1. The number of hydrogen-bond donors (Lipinski definition) is 1. The van der Waals surface area contributed by atoms with Crippen molar-refractivity contribution in [2.45, 2.75) is 31.3 Å². The number of H-pyrrole nitrogens is 1. The Bertz CT molecular complexity index is 1170. The zero-order valence-electron chi connectivity index (χ0n) is 16.9. The number of pyridine rings is 1. The van der Waals surface area contributed by atoms with Gasteiger partial charge in [-0.25, -0.2) is 14.4 Å². The second-order valence-electron chi connectivity index (χ2n) is 8.44. The van der Waals surface area contributed by atoms with Gasteiger partial charge in [-0.2, -0.15) is 0 Å². The van der Waals surface area contributed by atoms with Gasteiger partial charge in [0.25, 0.3) is 0 Å². The van der Waals surface area contributed by atoms with Gasteiger partial charge < -0.3 is 14.5 Å². The van der Waals surface area contributed by atoms with Crippen LogP contribution in [-0.4, -0.2) is 44.6 Å². The summed E-state index contributed by atoms with van der Waals surface area (Å²) >= 11 is 0. The standard InChI is InChI=1S/C23H24FN5/c1-23(12-17(13-23)28(2)3)29-14-27-20(15-4-6-16(24)7-5-15)21(29)18-8-10-25-22-19(18)9-11-26-22/h4-11,14,17H,12-13H2,1-3H3,(H,25,26). The molecule has 1 aromatic carbocycles. The number of rotatable bonds is 4. The van der Waals surface area contributed by atoms with Gasteiger partial charge in [-0.3, -0.25) is 0 Å². The molecule has 3 aromatic heterocycles. The summed E-state index contributed by atoms with van der Waals surface area (Å²) in [6.07, 6.45) is 7.80. The van der Waals surface area contributed by atoms with Gasteiger partial charge in [0.1, 0.15) is 11.5 Å². The number of nitrogens with one attached hydrogen (secondary N) is 1. The lowest BCUT2D eigenvalue weighted by Crippen LogP contribution is -2.52. The van der Waals surface area contributed by atoms with E-state index in [1.807, 2.05) is 24.8 Å². The van der Waals surface area contributed by atoms with Crippen molar-refractivity contribution in [1.82, 2.24) is 24.4 Å². The highest BCUT2D eigenvalue weighted by Gasteiger charge is 2.44. The van der Waals surface area contributed by atoms with Gasteiger partial charge in [-0.1, -0.05) is 0 Å². The van der Waals surface area contributed by atoms with Crippen molar-refractivity contribution < 1.29 is 4.39 Å². The smallest absolute Gasteiger partial charge is 0.137 e. The molecule has 0 atom stereocenters. The number of hydrogen-bond acceptors (Lipinski definition) is 3. The van der Waals surface area contributed by atoms with Crippen LogP contribution < -0.4 is 0 Å². The molecule has 5 rings (SSSR count). The molecule has 0 spiro atoms. The van der Waals surface area contributed by atoms with E-state index in [0.717, 1.165) is 46.4 Å². The van der Waals surface area contributed by atoms with Gasteiger partial charge in [-0.05, 0) is 70.3 Å². The Hall–Kier alpha value is -2.99. The van der Waals surface area contributed by atoms with Crippen LogP contribution in [0.5, 0.6) is 0 Å². The predicted octanol–water partition coefficient (Wildman–Crippen LogP) is 4.67. The third-order valence-corrected chi connectivity index (χ3v) is 6.26. The summed E-state index contributed by atoms with van der Waals surface area (Å²) in [6, 6.07) is 11.2. The molecule has 3 heterocycles. The van der Waals surface area contributed by atoms with Crippen molar-refractivity contribution in [3.63, 3.8) is 0 Å². The summed E-state index contributed by atoms with van der Waals surface area (Å²) in [5.74, 6) is -0.244. The lowest BCUT2D eigenvalue weighted by Gasteiger charge is -2.49. The van der Waals surface area contributed by atoms with E-state index in [9.17, 15) is 4.39 Å². The van der Waals surface area contributed by atoms with Crippen LogP contribution in [0.15, 0.2) is 55.1 Å². The second-order valence-corrected chi connectivity index (χ2v) is 8.44. The van der Waals surface area contributed by atoms with Crippen molar-refractivity contribution in [3.05, 3.63) is 60.9 Å². The van der Waals surface area contributed by atoms with Gasteiger partial charge in [0.2, 0.25) is 0 Å². The third kappa shape index (κ3) is 2.86. The van der Waals surface area contributed by atoms with Crippen molar-refractivity contribution in [2.75, 3.05) is 14.1 Å². The van der Waals surface area contributed by atoms with E-state index in [4.69, 9.17) is 4.98 Å². The topological polar surface area (TPSA) is 49.7 Å². The van der Waals surface area contributed by atoms with Crippen molar-refractivity contribution in [2.24, 2.45) is 0 Å². The van der Waals surface area contributed by atoms with Gasteiger partial charge in [-0.15, -0.1) is 0 Å². The van der Waals surface area contributed by atoms with Crippen LogP contribution in [-0.2, 0) is 5.54 Å². The number of benzene rings is 1. The molecular weight excluding hydrogens is 365 g/mol. The molecule has 5 nitrogen and oxygen atoms in total. The Morgan fingerprint density at radius 1 is 1.10 bits per heavy atom. The molecule has 0 radical (unpaired) electrons. The summed E-state index contributed by atoms with van der Waals surface area (Å²) in [6.45, 7) is 2.29. The van der Waals surface area contributed by atoms with Gasteiger partial charge in [0.15, 0.2) is 0 Å². The molecule has 1 aliphatic rings. The van der Waals surface area contributed by atoms with Gasteiger partial charge in [0, 0.05) is 40.5 Å². The number of halogens is 1. The van der Waals surface area contributed by atoms with Crippen LogP contribution in [0.2, 0.25) is 0 Å². The largest absolute Gasteiger partial charge is 0.346 e. The molecular formula is C23H24FN5. The number of imidazole rings is 1. The molecule has 0 saturated heterocycles. The summed E-state index contributed by atoms with van der Waals surface area (Å²) in [5.41, 5.74) is 4.76. The quantitative estimate of drug-likeness (QED) is 0.552. The fourth-order valence-corrected chi connectivity index (χ4v) is 4.52. The van der Waals surface area contributed by atoms with Crippen LogP contribution in [0.1, 0.15) is 19.8 Å². The minimum Gasteiger partial charge on any atom is -0.346 e. The maximum atomic E-state index is 13.5. The Balaban J connectivity index is 1.71. The molecule has 6 heteroatoms. The van der Waals surface area contributed by atoms with E-state index >= 15 is 0 Å². The Kier molecular flexibility index (Phi) is 4.06. The first-order valence-corrected chi connectivity index (χ1v) is 9.89. The zero-order chi connectivity index (χ0) is 20.2. The van der Waals surface area contributed by atoms with Crippen LogP contribution in [0, 0.1) is 5.82 Å². The molecule has 1 saturated carbocycles. The highest BCUT2D eigenvalue weighted by Crippen LogP contribution is 2.46. The van der Waals surface area contributed by atoms with Crippen LogP contribution in [0.25, 0.3) is 33.5 Å². The van der Waals surface area contributed by atoms with Crippen molar-refractivity contribution in [3.8, 4) is 22.5 Å². The minimum atomic E-state index is -0.244. The molecule has 0 unspecified atom stereocenters. The molecule has 148 valence electrons. The normalized spacial score (nSPS) is 21.6. The molecule has 29 heavy (non-hydrogen) atoms. The Morgan fingerprint density at radius 3 is 2.59 bits per heavy atom.